The average molecular weight is 221 g/mol. The first kappa shape index (κ1) is 12.7. The lowest BCUT2D eigenvalue weighted by Crippen LogP contribution is -2.25. The number of hydrogen-bond acceptors (Lipinski definition) is 2. The minimum atomic E-state index is -1.00. The van der Waals surface area contributed by atoms with Gasteiger partial charge in [-0.15, -0.1) is 11.8 Å². The van der Waals surface area contributed by atoms with E-state index in [4.69, 9.17) is 0 Å². The van der Waals surface area contributed by atoms with E-state index in [0.29, 0.717) is 25.0 Å². The molecule has 1 unspecified atom stereocenters. The molecule has 0 aliphatic rings. The van der Waals surface area contributed by atoms with Crippen LogP contribution in [0, 0.1) is 17.7 Å². The molecule has 0 aliphatic heterocycles. The summed E-state index contributed by atoms with van der Waals surface area (Å²) in [6, 6.07) is 2.84. The molecule has 0 spiro atoms. The van der Waals surface area contributed by atoms with Gasteiger partial charge in [-0.3, -0.25) is 4.98 Å². The first-order valence-corrected chi connectivity index (χ1v) is 5.36. The molecule has 0 amide bonds. The zero-order valence-electron chi connectivity index (χ0n) is 9.63. The summed E-state index contributed by atoms with van der Waals surface area (Å²) in [5.41, 5.74) is -0.494. The summed E-state index contributed by atoms with van der Waals surface area (Å²) in [6.45, 7) is 3.64. The van der Waals surface area contributed by atoms with Crippen molar-refractivity contribution in [1.82, 2.24) is 4.98 Å². The molecule has 1 atom stereocenters. The molecular weight excluding hydrogens is 205 g/mol. The van der Waals surface area contributed by atoms with E-state index < -0.39 is 11.4 Å². The van der Waals surface area contributed by atoms with Crippen LogP contribution in [0.1, 0.15) is 38.8 Å². The Kier molecular flexibility index (Phi) is 4.45. The highest BCUT2D eigenvalue weighted by molar-refractivity contribution is 5.14. The fraction of sp³-hybridized carbons (Fsp3) is 0.462. The highest BCUT2D eigenvalue weighted by Crippen LogP contribution is 2.28. The zero-order valence-corrected chi connectivity index (χ0v) is 9.63. The molecule has 1 aromatic rings. The molecule has 0 aromatic carbocycles. The molecule has 0 bridgehead atoms. The van der Waals surface area contributed by atoms with Crippen LogP contribution in [0.15, 0.2) is 18.3 Å². The van der Waals surface area contributed by atoms with Gasteiger partial charge in [0.05, 0.1) is 11.9 Å². The predicted octanol–water partition coefficient (Wildman–Crippen LogP) is 2.62. The van der Waals surface area contributed by atoms with Gasteiger partial charge in [-0.1, -0.05) is 6.92 Å². The Balaban J connectivity index is 2.84. The number of pyridine rings is 1. The van der Waals surface area contributed by atoms with E-state index in [2.05, 4.69) is 16.8 Å². The van der Waals surface area contributed by atoms with Gasteiger partial charge >= 0.3 is 0 Å². The molecule has 3 heteroatoms. The Morgan fingerprint density at radius 3 is 2.75 bits per heavy atom. The second-order valence-electron chi connectivity index (χ2n) is 3.67. The minimum absolute atomic E-state index is 0.393. The van der Waals surface area contributed by atoms with Crippen LogP contribution in [0.5, 0.6) is 0 Å². The van der Waals surface area contributed by atoms with Crippen LogP contribution < -0.4 is 0 Å². The van der Waals surface area contributed by atoms with Crippen molar-refractivity contribution in [2.75, 3.05) is 0 Å². The van der Waals surface area contributed by atoms with Gasteiger partial charge < -0.3 is 5.11 Å². The maximum Gasteiger partial charge on any atom is 0.141 e. The average Bonchev–Trinajstić information content (AvgIpc) is 2.30. The van der Waals surface area contributed by atoms with Crippen LogP contribution in [0.2, 0.25) is 0 Å². The van der Waals surface area contributed by atoms with Crippen LogP contribution in [0.3, 0.4) is 0 Å². The quantitative estimate of drug-likeness (QED) is 0.793. The van der Waals surface area contributed by atoms with E-state index in [-0.39, 0.29) is 0 Å². The predicted molar refractivity (Wildman–Crippen MR) is 61.1 cm³/mol. The Morgan fingerprint density at radius 1 is 1.50 bits per heavy atom. The molecule has 1 heterocycles. The monoisotopic (exact) mass is 221 g/mol. The second kappa shape index (κ2) is 5.62. The van der Waals surface area contributed by atoms with E-state index in [0.717, 1.165) is 6.20 Å². The van der Waals surface area contributed by atoms with E-state index in [1.165, 1.54) is 12.1 Å². The first-order valence-electron chi connectivity index (χ1n) is 5.36. The highest BCUT2D eigenvalue weighted by atomic mass is 19.1. The zero-order chi connectivity index (χ0) is 12.0. The first-order chi connectivity index (χ1) is 7.62. The van der Waals surface area contributed by atoms with Crippen molar-refractivity contribution in [2.24, 2.45) is 0 Å². The van der Waals surface area contributed by atoms with Crippen LogP contribution in [0.4, 0.5) is 4.39 Å². The number of aliphatic hydroxyl groups is 1. The van der Waals surface area contributed by atoms with Crippen molar-refractivity contribution in [3.8, 4) is 11.8 Å². The topological polar surface area (TPSA) is 33.1 Å². The van der Waals surface area contributed by atoms with Crippen molar-refractivity contribution in [3.63, 3.8) is 0 Å². The normalized spacial score (nSPS) is 13.8. The molecule has 0 radical (unpaired) electrons. The summed E-state index contributed by atoms with van der Waals surface area (Å²) in [4.78, 5) is 3.93. The Hall–Kier alpha value is -1.40. The fourth-order valence-corrected chi connectivity index (χ4v) is 1.53. The Labute approximate surface area is 95.5 Å². The summed E-state index contributed by atoms with van der Waals surface area (Å²) in [6.07, 6.45) is 2.79. The van der Waals surface area contributed by atoms with Gasteiger partial charge in [-0.05, 0) is 31.9 Å². The molecule has 1 aromatic heterocycles. The van der Waals surface area contributed by atoms with E-state index >= 15 is 0 Å². The summed E-state index contributed by atoms with van der Waals surface area (Å²) in [5, 5.41) is 10.4. The van der Waals surface area contributed by atoms with Crippen molar-refractivity contribution in [3.05, 3.63) is 29.8 Å². The summed E-state index contributed by atoms with van der Waals surface area (Å²) >= 11 is 0. The third-order valence-electron chi connectivity index (χ3n) is 2.63. The van der Waals surface area contributed by atoms with Gasteiger partial charge in [0.25, 0.3) is 0 Å². The number of aromatic nitrogens is 1. The Bertz CT molecular complexity index is 391. The number of halogens is 1. The highest BCUT2D eigenvalue weighted by Gasteiger charge is 2.27. The smallest absolute Gasteiger partial charge is 0.141 e. The van der Waals surface area contributed by atoms with E-state index in [1.54, 1.807) is 6.92 Å². The summed E-state index contributed by atoms with van der Waals surface area (Å²) in [7, 11) is 0. The van der Waals surface area contributed by atoms with Crippen molar-refractivity contribution in [1.29, 1.82) is 0 Å². The SMILES string of the molecule is CC#CCCC(O)(CC)c1ccc(F)cn1. The molecule has 2 nitrogen and oxygen atoms in total. The van der Waals surface area contributed by atoms with Gasteiger partial charge in [0.1, 0.15) is 11.4 Å². The standard InChI is InChI=1S/C13H16FNO/c1-3-5-6-9-13(16,4-2)12-8-7-11(14)10-15-12/h7-8,10,16H,4,6,9H2,1-2H3. The lowest BCUT2D eigenvalue weighted by atomic mass is 9.90. The molecular formula is C13H16FNO. The molecule has 0 aliphatic carbocycles. The van der Waals surface area contributed by atoms with Gasteiger partial charge in [0.2, 0.25) is 0 Å². The molecule has 0 saturated carbocycles. The number of rotatable bonds is 4. The van der Waals surface area contributed by atoms with Crippen molar-refractivity contribution < 1.29 is 9.50 Å². The van der Waals surface area contributed by atoms with Crippen LogP contribution in [-0.2, 0) is 5.60 Å². The van der Waals surface area contributed by atoms with Gasteiger partial charge in [-0.2, -0.15) is 0 Å². The third kappa shape index (κ3) is 3.04. The lowest BCUT2D eigenvalue weighted by molar-refractivity contribution is 0.0204. The van der Waals surface area contributed by atoms with Crippen molar-refractivity contribution >= 4 is 0 Å². The minimum Gasteiger partial charge on any atom is -0.384 e. The molecule has 1 N–H and O–H groups in total. The third-order valence-corrected chi connectivity index (χ3v) is 2.63. The number of hydrogen-bond donors (Lipinski definition) is 1. The van der Waals surface area contributed by atoms with Gasteiger partial charge in [0, 0.05) is 6.42 Å². The van der Waals surface area contributed by atoms with Crippen LogP contribution >= 0.6 is 0 Å². The molecule has 1 rings (SSSR count). The molecule has 0 saturated heterocycles. The second-order valence-corrected chi connectivity index (χ2v) is 3.67. The maximum absolute atomic E-state index is 12.7. The number of nitrogens with zero attached hydrogens (tertiary/aromatic N) is 1. The summed E-state index contributed by atoms with van der Waals surface area (Å²) in [5.74, 6) is 5.30. The van der Waals surface area contributed by atoms with Gasteiger partial charge in [0.15, 0.2) is 0 Å². The van der Waals surface area contributed by atoms with Crippen molar-refractivity contribution in [2.45, 2.75) is 38.7 Å². The molecule has 86 valence electrons. The van der Waals surface area contributed by atoms with E-state index in [1.807, 2.05) is 6.92 Å². The Morgan fingerprint density at radius 2 is 2.25 bits per heavy atom. The molecule has 0 fully saturated rings. The maximum atomic E-state index is 12.7. The largest absolute Gasteiger partial charge is 0.384 e. The van der Waals surface area contributed by atoms with Gasteiger partial charge in [-0.25, -0.2) is 4.39 Å². The van der Waals surface area contributed by atoms with Crippen LogP contribution in [0.25, 0.3) is 0 Å². The fourth-order valence-electron chi connectivity index (χ4n) is 1.53. The summed E-state index contributed by atoms with van der Waals surface area (Å²) < 4.78 is 12.7. The van der Waals surface area contributed by atoms with Crippen LogP contribution in [-0.4, -0.2) is 10.1 Å². The lowest BCUT2D eigenvalue weighted by Gasteiger charge is -2.25. The molecule has 16 heavy (non-hydrogen) atoms. The van der Waals surface area contributed by atoms with E-state index in [9.17, 15) is 9.50 Å².